The number of rotatable bonds is 8. The van der Waals surface area contributed by atoms with Crippen LogP contribution in [0, 0.1) is 0 Å². The highest BCUT2D eigenvalue weighted by molar-refractivity contribution is 6.19. The maximum atomic E-state index is 2.54. The molecular weight excluding hydrogens is 893 g/mol. The van der Waals surface area contributed by atoms with E-state index in [0.29, 0.717) is 0 Å². The van der Waals surface area contributed by atoms with Gasteiger partial charge in [-0.15, -0.1) is 0 Å². The molecule has 0 atom stereocenters. The van der Waals surface area contributed by atoms with Crippen LogP contribution in [0.4, 0.5) is 34.1 Å². The zero-order chi connectivity index (χ0) is 49.7. The number of hydrogen-bond acceptors (Lipinski definition) is 2. The van der Waals surface area contributed by atoms with Gasteiger partial charge in [0, 0.05) is 44.4 Å². The van der Waals surface area contributed by atoms with Crippen LogP contribution in [0.15, 0.2) is 243 Å². The van der Waals surface area contributed by atoms with E-state index in [1.54, 1.807) is 0 Å². The van der Waals surface area contributed by atoms with Crippen molar-refractivity contribution in [2.45, 2.75) is 38.5 Å². The molecule has 74 heavy (non-hydrogen) atoms. The molecule has 0 bridgehead atoms. The van der Waals surface area contributed by atoms with Crippen molar-refractivity contribution in [3.8, 4) is 22.3 Å². The Labute approximate surface area is 433 Å². The monoisotopic (exact) mass is 946 g/mol. The van der Waals surface area contributed by atoms with Crippen molar-refractivity contribution in [2.75, 3.05) is 9.80 Å². The van der Waals surface area contributed by atoms with Crippen LogP contribution in [0.1, 0.15) is 61.1 Å². The normalized spacial score (nSPS) is 13.8. The highest BCUT2D eigenvalue weighted by Crippen LogP contribution is 2.54. The van der Waals surface area contributed by atoms with Crippen LogP contribution in [-0.2, 0) is 10.8 Å². The van der Waals surface area contributed by atoms with E-state index in [2.05, 4.69) is 292 Å². The van der Waals surface area contributed by atoms with Crippen LogP contribution in [0.5, 0.6) is 0 Å². The SMILES string of the molecule is CC1(C)c2cc(/C=C/c3ccc4c(c3)C(C)(C)c3cc(N(c5cc6ccccc6c6ccccc56)c5cc6ccccc6c6ccccc56)ccc3-4)ccc2-c2ccc(N(c3ccccc3)c3ccccc3)cc21. The highest BCUT2D eigenvalue weighted by atomic mass is 15.1. The minimum absolute atomic E-state index is 0.176. The van der Waals surface area contributed by atoms with Crippen molar-refractivity contribution in [3.63, 3.8) is 0 Å². The van der Waals surface area contributed by atoms with Gasteiger partial charge in [-0.3, -0.25) is 0 Å². The lowest BCUT2D eigenvalue weighted by molar-refractivity contribution is 0.660. The standard InChI is InChI=1S/C72H54N2/c1-71(2)65-41-47(33-37-59(65)61-39-35-53(45-67(61)71)73(51-21-7-5-8-22-51)52-23-9-6-10-24-52)31-32-48-34-38-60-62-40-36-54(46-68(62)72(3,4)66(60)42-48)74(69-43-49-19-11-13-25-55(49)57-27-15-17-29-63(57)69)70-44-50-20-12-14-26-56(50)58-28-16-18-30-64(58)70/h5-46H,1-4H3/b32-31+. The third-order valence-corrected chi connectivity index (χ3v) is 16.4. The van der Waals surface area contributed by atoms with Crippen molar-refractivity contribution in [1.29, 1.82) is 0 Å². The molecule has 0 unspecified atom stereocenters. The smallest absolute Gasteiger partial charge is 0.0546 e. The van der Waals surface area contributed by atoms with Crippen LogP contribution in [0.2, 0.25) is 0 Å². The van der Waals surface area contributed by atoms with E-state index in [4.69, 9.17) is 0 Å². The Morgan fingerprint density at radius 2 is 0.608 bits per heavy atom. The first-order chi connectivity index (χ1) is 36.2. The van der Waals surface area contributed by atoms with Crippen LogP contribution in [-0.4, -0.2) is 0 Å². The summed E-state index contributed by atoms with van der Waals surface area (Å²) in [6.07, 6.45) is 4.60. The molecule has 0 fully saturated rings. The lowest BCUT2D eigenvalue weighted by Crippen LogP contribution is -2.17. The van der Waals surface area contributed by atoms with Crippen molar-refractivity contribution in [3.05, 3.63) is 276 Å². The molecule has 2 aliphatic rings. The first-order valence-electron chi connectivity index (χ1n) is 26.0. The molecule has 0 aromatic heterocycles. The number of hydrogen-bond donors (Lipinski definition) is 0. The summed E-state index contributed by atoms with van der Waals surface area (Å²) in [5, 5.41) is 9.93. The molecule has 352 valence electrons. The fraction of sp³-hybridized carbons (Fsp3) is 0.0833. The molecule has 0 spiro atoms. The molecule has 0 saturated carbocycles. The summed E-state index contributed by atoms with van der Waals surface area (Å²) in [5.74, 6) is 0. The van der Waals surface area contributed by atoms with Crippen LogP contribution in [0.3, 0.4) is 0 Å². The number of para-hydroxylation sites is 2. The van der Waals surface area contributed by atoms with Gasteiger partial charge in [0.25, 0.3) is 0 Å². The molecule has 12 aromatic rings. The van der Waals surface area contributed by atoms with E-state index in [0.717, 1.165) is 22.7 Å². The summed E-state index contributed by atoms with van der Waals surface area (Å²) < 4.78 is 0. The van der Waals surface area contributed by atoms with Gasteiger partial charge in [0.1, 0.15) is 0 Å². The van der Waals surface area contributed by atoms with Crippen LogP contribution >= 0.6 is 0 Å². The maximum absolute atomic E-state index is 2.54. The predicted octanol–water partition coefficient (Wildman–Crippen LogP) is 20.0. The van der Waals surface area contributed by atoms with E-state index in [1.165, 1.54) is 110 Å². The Morgan fingerprint density at radius 1 is 0.270 bits per heavy atom. The number of nitrogens with zero attached hydrogens (tertiary/aromatic N) is 2. The Kier molecular flexibility index (Phi) is 9.94. The van der Waals surface area contributed by atoms with Crippen molar-refractivity contribution >= 4 is 89.4 Å². The molecule has 2 aliphatic carbocycles. The summed E-state index contributed by atoms with van der Waals surface area (Å²) >= 11 is 0. The zero-order valence-corrected chi connectivity index (χ0v) is 42.1. The molecule has 2 heteroatoms. The molecule has 0 amide bonds. The second-order valence-corrected chi connectivity index (χ2v) is 21.3. The summed E-state index contributed by atoms with van der Waals surface area (Å²) in [4.78, 5) is 4.90. The highest BCUT2D eigenvalue weighted by Gasteiger charge is 2.38. The molecule has 0 saturated heterocycles. The summed E-state index contributed by atoms with van der Waals surface area (Å²) in [6, 6.07) is 89.9. The van der Waals surface area contributed by atoms with Gasteiger partial charge in [-0.05, 0) is 149 Å². The van der Waals surface area contributed by atoms with E-state index in [-0.39, 0.29) is 10.8 Å². The number of anilines is 6. The van der Waals surface area contributed by atoms with Gasteiger partial charge in [0.2, 0.25) is 0 Å². The van der Waals surface area contributed by atoms with Crippen molar-refractivity contribution < 1.29 is 0 Å². The van der Waals surface area contributed by atoms with Gasteiger partial charge < -0.3 is 9.80 Å². The van der Waals surface area contributed by atoms with Crippen molar-refractivity contribution in [2.24, 2.45) is 0 Å². The van der Waals surface area contributed by atoms with Crippen LogP contribution in [0.25, 0.3) is 77.5 Å². The zero-order valence-electron chi connectivity index (χ0n) is 42.1. The molecule has 0 aliphatic heterocycles. The molecule has 0 radical (unpaired) electrons. The predicted molar refractivity (Wildman–Crippen MR) is 316 cm³/mol. The first-order valence-corrected chi connectivity index (χ1v) is 26.0. The molecular formula is C72H54N2. The number of fused-ring (bicyclic) bond motifs is 12. The Morgan fingerprint density at radius 3 is 1.04 bits per heavy atom. The Balaban J connectivity index is 0.822. The van der Waals surface area contributed by atoms with Gasteiger partial charge in [-0.1, -0.05) is 222 Å². The molecule has 0 N–H and O–H groups in total. The van der Waals surface area contributed by atoms with Gasteiger partial charge in [0.15, 0.2) is 0 Å². The third-order valence-electron chi connectivity index (χ3n) is 16.4. The van der Waals surface area contributed by atoms with E-state index >= 15 is 0 Å². The molecule has 2 nitrogen and oxygen atoms in total. The van der Waals surface area contributed by atoms with E-state index in [1.807, 2.05) is 0 Å². The van der Waals surface area contributed by atoms with Gasteiger partial charge in [-0.25, -0.2) is 0 Å². The first kappa shape index (κ1) is 43.8. The summed E-state index contributed by atoms with van der Waals surface area (Å²) in [7, 11) is 0. The second-order valence-electron chi connectivity index (χ2n) is 21.3. The Hall–Kier alpha value is -8.98. The maximum Gasteiger partial charge on any atom is 0.0546 e. The lowest BCUT2D eigenvalue weighted by atomic mass is 9.81. The molecule has 12 aromatic carbocycles. The fourth-order valence-electron chi connectivity index (χ4n) is 12.6. The summed E-state index contributed by atoms with van der Waals surface area (Å²) in [5.41, 5.74) is 19.6. The Bertz CT molecular complexity index is 4100. The van der Waals surface area contributed by atoms with Gasteiger partial charge >= 0.3 is 0 Å². The average Bonchev–Trinajstić information content (AvgIpc) is 3.81. The van der Waals surface area contributed by atoms with Gasteiger partial charge in [-0.2, -0.15) is 0 Å². The largest absolute Gasteiger partial charge is 0.310 e. The average molecular weight is 947 g/mol. The third kappa shape index (κ3) is 6.86. The number of benzene rings is 12. The topological polar surface area (TPSA) is 6.48 Å². The minimum Gasteiger partial charge on any atom is -0.310 e. The molecule has 14 rings (SSSR count). The second kappa shape index (κ2) is 16.8. The molecule has 0 heterocycles. The quantitative estimate of drug-likeness (QED) is 0.111. The van der Waals surface area contributed by atoms with Crippen molar-refractivity contribution in [1.82, 2.24) is 0 Å². The fourth-order valence-corrected chi connectivity index (χ4v) is 12.6. The van der Waals surface area contributed by atoms with E-state index in [9.17, 15) is 0 Å². The van der Waals surface area contributed by atoms with E-state index < -0.39 is 0 Å². The lowest BCUT2D eigenvalue weighted by Gasteiger charge is -2.31. The summed E-state index contributed by atoms with van der Waals surface area (Å²) in [6.45, 7) is 9.56. The van der Waals surface area contributed by atoms with Gasteiger partial charge in [0.05, 0.1) is 11.4 Å². The minimum atomic E-state index is -0.244. The van der Waals surface area contributed by atoms with Crippen LogP contribution < -0.4 is 9.80 Å².